The van der Waals surface area contributed by atoms with Crippen molar-refractivity contribution in [1.29, 1.82) is 0 Å². The van der Waals surface area contributed by atoms with Crippen molar-refractivity contribution in [3.63, 3.8) is 0 Å². The van der Waals surface area contributed by atoms with Crippen LogP contribution in [0.2, 0.25) is 0 Å². The molecule has 0 heterocycles. The fourth-order valence-electron chi connectivity index (χ4n) is 2.05. The standard InChI is InChI=1S/C15H22O3S/c1-12(2)14(15(16)17)19(18)11-7-6-10-13-8-4-3-5-9-13/h3-5,8-9,12,14H,6-7,10-11H2,1-2H3,(H,16,17). The third-order valence-corrected chi connectivity index (χ3v) is 5.04. The van der Waals surface area contributed by atoms with Crippen LogP contribution in [0.5, 0.6) is 0 Å². The Morgan fingerprint density at radius 2 is 1.84 bits per heavy atom. The third-order valence-electron chi connectivity index (χ3n) is 3.04. The first-order chi connectivity index (χ1) is 9.02. The van der Waals surface area contributed by atoms with E-state index in [4.69, 9.17) is 5.11 Å². The van der Waals surface area contributed by atoms with Crippen molar-refractivity contribution >= 4 is 16.8 Å². The molecule has 0 aliphatic heterocycles. The number of rotatable bonds is 8. The summed E-state index contributed by atoms with van der Waals surface area (Å²) in [5.74, 6) is -0.564. The summed E-state index contributed by atoms with van der Waals surface area (Å²) in [6.45, 7) is 3.61. The first-order valence-corrected chi connectivity index (χ1v) is 8.04. The number of unbranched alkanes of at least 4 members (excludes halogenated alkanes) is 1. The molecular formula is C15H22O3S. The lowest BCUT2D eigenvalue weighted by molar-refractivity contribution is -0.137. The Morgan fingerprint density at radius 3 is 2.37 bits per heavy atom. The van der Waals surface area contributed by atoms with Crippen LogP contribution in [0.15, 0.2) is 30.3 Å². The molecule has 0 amide bonds. The molecule has 0 saturated heterocycles. The SMILES string of the molecule is CC(C)C(C(=O)O)S(=O)CCCCc1ccccc1. The molecular weight excluding hydrogens is 260 g/mol. The number of aryl methyl sites for hydroxylation is 1. The lowest BCUT2D eigenvalue weighted by atomic mass is 10.1. The average Bonchev–Trinajstić information content (AvgIpc) is 2.35. The topological polar surface area (TPSA) is 54.4 Å². The monoisotopic (exact) mass is 282 g/mol. The summed E-state index contributed by atoms with van der Waals surface area (Å²) in [6.07, 6.45) is 2.70. The Hall–Kier alpha value is -1.16. The highest BCUT2D eigenvalue weighted by atomic mass is 32.2. The van der Waals surface area contributed by atoms with Crippen LogP contribution >= 0.6 is 0 Å². The maximum Gasteiger partial charge on any atom is 0.319 e. The molecule has 106 valence electrons. The molecule has 0 aliphatic rings. The fraction of sp³-hybridized carbons (Fsp3) is 0.533. The molecule has 19 heavy (non-hydrogen) atoms. The Morgan fingerprint density at radius 1 is 1.21 bits per heavy atom. The largest absolute Gasteiger partial charge is 0.480 e. The highest BCUT2D eigenvalue weighted by Gasteiger charge is 2.27. The van der Waals surface area contributed by atoms with Gasteiger partial charge in [-0.25, -0.2) is 0 Å². The second-order valence-corrected chi connectivity index (χ2v) is 6.71. The first kappa shape index (κ1) is 15.9. The molecule has 0 fully saturated rings. The van der Waals surface area contributed by atoms with Crippen LogP contribution in [0.4, 0.5) is 0 Å². The summed E-state index contributed by atoms with van der Waals surface area (Å²) in [5.41, 5.74) is 1.27. The summed E-state index contributed by atoms with van der Waals surface area (Å²) in [6, 6.07) is 10.1. The number of hydrogen-bond acceptors (Lipinski definition) is 2. The molecule has 0 radical (unpaired) electrons. The molecule has 0 saturated carbocycles. The Kier molecular flexibility index (Phi) is 6.78. The number of benzene rings is 1. The molecule has 3 nitrogen and oxygen atoms in total. The maximum atomic E-state index is 12.0. The lowest BCUT2D eigenvalue weighted by Crippen LogP contribution is -2.32. The average molecular weight is 282 g/mol. The van der Waals surface area contributed by atoms with E-state index >= 15 is 0 Å². The number of hydrogen-bond donors (Lipinski definition) is 1. The van der Waals surface area contributed by atoms with Crippen LogP contribution in [-0.4, -0.2) is 26.3 Å². The minimum atomic E-state index is -1.28. The number of carbonyl (C=O) groups is 1. The van der Waals surface area contributed by atoms with Gasteiger partial charge in [-0.2, -0.15) is 0 Å². The van der Waals surface area contributed by atoms with E-state index in [0.29, 0.717) is 5.75 Å². The van der Waals surface area contributed by atoms with E-state index in [2.05, 4.69) is 12.1 Å². The maximum absolute atomic E-state index is 12.0. The molecule has 2 unspecified atom stereocenters. The van der Waals surface area contributed by atoms with Gasteiger partial charge in [-0.05, 0) is 30.7 Å². The van der Waals surface area contributed by atoms with Crippen molar-refractivity contribution in [2.75, 3.05) is 5.75 Å². The van der Waals surface area contributed by atoms with Crippen LogP contribution in [0.3, 0.4) is 0 Å². The summed E-state index contributed by atoms with van der Waals surface area (Å²) >= 11 is 0. The van der Waals surface area contributed by atoms with Crippen molar-refractivity contribution in [3.05, 3.63) is 35.9 Å². The molecule has 2 atom stereocenters. The van der Waals surface area contributed by atoms with Crippen LogP contribution in [0.1, 0.15) is 32.3 Å². The van der Waals surface area contributed by atoms with Gasteiger partial charge in [0.05, 0.1) is 0 Å². The fourth-order valence-corrected chi connectivity index (χ4v) is 3.62. The quantitative estimate of drug-likeness (QED) is 0.746. The molecule has 0 spiro atoms. The normalized spacial score (nSPS) is 14.3. The zero-order valence-electron chi connectivity index (χ0n) is 11.5. The molecule has 1 aromatic rings. The minimum absolute atomic E-state index is 0.0903. The van der Waals surface area contributed by atoms with E-state index in [9.17, 15) is 9.00 Å². The van der Waals surface area contributed by atoms with Crippen LogP contribution < -0.4 is 0 Å². The van der Waals surface area contributed by atoms with Crippen molar-refractivity contribution in [1.82, 2.24) is 0 Å². The molecule has 0 aliphatic carbocycles. The highest BCUT2D eigenvalue weighted by molar-refractivity contribution is 7.86. The molecule has 4 heteroatoms. The van der Waals surface area contributed by atoms with Gasteiger partial charge in [-0.15, -0.1) is 0 Å². The van der Waals surface area contributed by atoms with Gasteiger partial charge in [0, 0.05) is 16.6 Å². The summed E-state index contributed by atoms with van der Waals surface area (Å²) in [4.78, 5) is 11.0. The minimum Gasteiger partial charge on any atom is -0.480 e. The first-order valence-electron chi connectivity index (χ1n) is 6.66. The third kappa shape index (κ3) is 5.55. The van der Waals surface area contributed by atoms with Gasteiger partial charge in [-0.3, -0.25) is 9.00 Å². The predicted molar refractivity (Wildman–Crippen MR) is 78.7 cm³/mol. The second kappa shape index (κ2) is 8.10. The van der Waals surface area contributed by atoms with E-state index in [0.717, 1.165) is 19.3 Å². The van der Waals surface area contributed by atoms with Gasteiger partial charge in [0.1, 0.15) is 5.25 Å². The molecule has 1 N–H and O–H groups in total. The molecule has 1 rings (SSSR count). The molecule has 0 bridgehead atoms. The van der Waals surface area contributed by atoms with Gasteiger partial charge in [0.15, 0.2) is 0 Å². The Labute approximate surface area is 117 Å². The number of carboxylic acid groups (broad SMARTS) is 1. The summed E-state index contributed by atoms with van der Waals surface area (Å²) in [7, 11) is -1.28. The van der Waals surface area contributed by atoms with E-state index in [-0.39, 0.29) is 5.92 Å². The van der Waals surface area contributed by atoms with Crippen molar-refractivity contribution in [2.24, 2.45) is 5.92 Å². The van der Waals surface area contributed by atoms with E-state index < -0.39 is 22.0 Å². The van der Waals surface area contributed by atoms with Gasteiger partial charge in [0.2, 0.25) is 0 Å². The van der Waals surface area contributed by atoms with Gasteiger partial charge in [0.25, 0.3) is 0 Å². The summed E-state index contributed by atoms with van der Waals surface area (Å²) < 4.78 is 12.0. The lowest BCUT2D eigenvalue weighted by Gasteiger charge is -2.15. The van der Waals surface area contributed by atoms with E-state index in [1.165, 1.54) is 5.56 Å². The number of aliphatic carboxylic acids is 1. The van der Waals surface area contributed by atoms with Gasteiger partial charge >= 0.3 is 5.97 Å². The zero-order chi connectivity index (χ0) is 14.3. The van der Waals surface area contributed by atoms with Crippen LogP contribution in [0, 0.1) is 5.92 Å². The summed E-state index contributed by atoms with van der Waals surface area (Å²) in [5, 5.41) is 8.32. The number of carboxylic acids is 1. The molecule has 0 aromatic heterocycles. The van der Waals surface area contributed by atoms with Crippen LogP contribution in [-0.2, 0) is 22.0 Å². The van der Waals surface area contributed by atoms with Gasteiger partial charge < -0.3 is 5.11 Å². The zero-order valence-corrected chi connectivity index (χ0v) is 12.4. The van der Waals surface area contributed by atoms with Crippen LogP contribution in [0.25, 0.3) is 0 Å². The highest BCUT2D eigenvalue weighted by Crippen LogP contribution is 2.12. The van der Waals surface area contributed by atoms with Crippen molar-refractivity contribution in [2.45, 2.75) is 38.4 Å². The molecule has 1 aromatic carbocycles. The van der Waals surface area contributed by atoms with Gasteiger partial charge in [-0.1, -0.05) is 44.2 Å². The van der Waals surface area contributed by atoms with Crippen molar-refractivity contribution in [3.8, 4) is 0 Å². The van der Waals surface area contributed by atoms with E-state index in [1.807, 2.05) is 18.2 Å². The second-order valence-electron chi connectivity index (χ2n) is 5.03. The Bertz CT molecular complexity index is 415. The Balaban J connectivity index is 2.32. The van der Waals surface area contributed by atoms with Crippen molar-refractivity contribution < 1.29 is 14.1 Å². The van der Waals surface area contributed by atoms with E-state index in [1.54, 1.807) is 13.8 Å². The predicted octanol–water partition coefficient (Wildman–Crippen LogP) is 2.87. The smallest absolute Gasteiger partial charge is 0.319 e.